The molecule has 0 radical (unpaired) electrons. The van der Waals surface area contributed by atoms with Gasteiger partial charge in [-0.2, -0.15) is 0 Å². The van der Waals surface area contributed by atoms with Crippen LogP contribution >= 0.6 is 0 Å². The van der Waals surface area contributed by atoms with Gasteiger partial charge >= 0.3 is 11.9 Å². The Labute approximate surface area is 173 Å². The van der Waals surface area contributed by atoms with Crippen LogP contribution in [0.5, 0.6) is 0 Å². The van der Waals surface area contributed by atoms with Crippen LogP contribution in [0.1, 0.15) is 59.3 Å². The summed E-state index contributed by atoms with van der Waals surface area (Å²) in [6, 6.07) is 0. The molecule has 5 heteroatoms. The van der Waals surface area contributed by atoms with E-state index in [1.54, 1.807) is 0 Å². The van der Waals surface area contributed by atoms with Crippen molar-refractivity contribution in [2.45, 2.75) is 77.6 Å². The van der Waals surface area contributed by atoms with Gasteiger partial charge < -0.3 is 14.6 Å². The van der Waals surface area contributed by atoms with Crippen LogP contribution in [-0.4, -0.2) is 35.4 Å². The van der Waals surface area contributed by atoms with Crippen molar-refractivity contribution in [1.29, 1.82) is 0 Å². The monoisotopic (exact) mass is 402 g/mol. The number of hydrogen-bond donors (Lipinski definition) is 1. The number of aliphatic hydroxyl groups is 1. The minimum atomic E-state index is -0.609. The molecule has 0 amide bonds. The first-order valence-corrected chi connectivity index (χ1v) is 10.9. The third kappa shape index (κ3) is 5.19. The van der Waals surface area contributed by atoms with Gasteiger partial charge in [-0.05, 0) is 36.7 Å². The molecule has 0 saturated carbocycles. The molecular formula is C24H34O5. The molecular weight excluding hydrogens is 368 g/mol. The van der Waals surface area contributed by atoms with E-state index in [4.69, 9.17) is 9.47 Å². The van der Waals surface area contributed by atoms with E-state index in [1.807, 2.05) is 13.8 Å². The van der Waals surface area contributed by atoms with Crippen LogP contribution in [0.15, 0.2) is 36.0 Å². The van der Waals surface area contributed by atoms with Crippen molar-refractivity contribution >= 4 is 11.9 Å². The Hall–Kier alpha value is -1.88. The molecule has 0 spiro atoms. The van der Waals surface area contributed by atoms with Gasteiger partial charge in [-0.3, -0.25) is 9.59 Å². The zero-order valence-electron chi connectivity index (χ0n) is 17.8. The molecule has 0 aromatic heterocycles. The number of aliphatic hydroxyl groups excluding tert-OH is 1. The molecule has 3 rings (SSSR count). The van der Waals surface area contributed by atoms with Crippen molar-refractivity contribution < 1.29 is 24.2 Å². The summed E-state index contributed by atoms with van der Waals surface area (Å²) in [5.74, 6) is 0.162. The molecule has 3 aliphatic rings. The fourth-order valence-corrected chi connectivity index (χ4v) is 4.81. The van der Waals surface area contributed by atoms with E-state index < -0.39 is 6.10 Å². The minimum absolute atomic E-state index is 0.0876. The van der Waals surface area contributed by atoms with Gasteiger partial charge in [-0.25, -0.2) is 0 Å². The molecule has 0 aromatic rings. The van der Waals surface area contributed by atoms with Crippen LogP contribution in [0.4, 0.5) is 0 Å². The summed E-state index contributed by atoms with van der Waals surface area (Å²) < 4.78 is 11.4. The quantitative estimate of drug-likeness (QED) is 0.677. The summed E-state index contributed by atoms with van der Waals surface area (Å²) in [5.41, 5.74) is 2.16. The molecule has 1 fully saturated rings. The molecule has 1 N–H and O–H groups in total. The molecule has 2 aliphatic carbocycles. The first-order chi connectivity index (χ1) is 13.8. The Kier molecular flexibility index (Phi) is 6.99. The number of allylic oxidation sites excluding steroid dienone is 3. The summed E-state index contributed by atoms with van der Waals surface area (Å²) in [6.45, 7) is 10.2. The van der Waals surface area contributed by atoms with Crippen LogP contribution in [0.2, 0.25) is 0 Å². The molecule has 160 valence electrons. The summed E-state index contributed by atoms with van der Waals surface area (Å²) in [4.78, 5) is 24.2. The molecule has 1 saturated heterocycles. The molecule has 1 heterocycles. The van der Waals surface area contributed by atoms with Gasteiger partial charge in [0, 0.05) is 18.8 Å². The summed E-state index contributed by atoms with van der Waals surface area (Å²) >= 11 is 0. The van der Waals surface area contributed by atoms with E-state index in [9.17, 15) is 14.7 Å². The van der Waals surface area contributed by atoms with Crippen LogP contribution in [0.25, 0.3) is 0 Å². The van der Waals surface area contributed by atoms with Crippen LogP contribution in [0, 0.1) is 23.7 Å². The molecule has 0 bridgehead atoms. The van der Waals surface area contributed by atoms with Crippen molar-refractivity contribution in [2.24, 2.45) is 23.7 Å². The van der Waals surface area contributed by atoms with Crippen molar-refractivity contribution in [3.8, 4) is 0 Å². The Balaban J connectivity index is 1.75. The average molecular weight is 403 g/mol. The normalized spacial score (nSPS) is 35.4. The molecule has 29 heavy (non-hydrogen) atoms. The third-order valence-corrected chi connectivity index (χ3v) is 6.69. The number of ether oxygens (including phenoxy) is 2. The summed E-state index contributed by atoms with van der Waals surface area (Å²) in [7, 11) is 0. The Bertz CT molecular complexity index is 706. The number of esters is 2. The lowest BCUT2D eigenvalue weighted by atomic mass is 9.66. The Morgan fingerprint density at radius 1 is 1.38 bits per heavy atom. The predicted octanol–water partition coefficient (Wildman–Crippen LogP) is 4.12. The minimum Gasteiger partial charge on any atom is -0.462 e. The lowest BCUT2D eigenvalue weighted by molar-refractivity contribution is -0.162. The van der Waals surface area contributed by atoms with Gasteiger partial charge in [-0.1, -0.05) is 51.2 Å². The van der Waals surface area contributed by atoms with Gasteiger partial charge in [-0.15, -0.1) is 0 Å². The maximum Gasteiger partial charge on any atom is 0.308 e. The first-order valence-electron chi connectivity index (χ1n) is 10.9. The van der Waals surface area contributed by atoms with Crippen molar-refractivity contribution in [2.75, 3.05) is 0 Å². The second-order valence-corrected chi connectivity index (χ2v) is 8.98. The van der Waals surface area contributed by atoms with E-state index in [-0.39, 0.29) is 48.3 Å². The summed E-state index contributed by atoms with van der Waals surface area (Å²) in [5, 5.41) is 9.88. The van der Waals surface area contributed by atoms with Gasteiger partial charge in [0.2, 0.25) is 0 Å². The Morgan fingerprint density at radius 3 is 2.83 bits per heavy atom. The standard InChI is InChI=1S/C24H34O5/c1-5-15(3)24(27)29-21-11-14(2)10-17-7-6-16(4)20(23(17)21)9-8-19-12-18(25)13-22(26)28-19/h6-7,10,15-16,18-21,23,25H,2,5,8-9,11-13H2,1,3-4H3/t15-,16-,18+,19+,20-,21-,23-/m0/s1. The number of fused-ring (bicyclic) bond motifs is 1. The molecule has 0 aromatic carbocycles. The average Bonchev–Trinajstić information content (AvgIpc) is 2.65. The lowest BCUT2D eigenvalue weighted by Gasteiger charge is -2.42. The van der Waals surface area contributed by atoms with E-state index in [2.05, 4.69) is 31.7 Å². The van der Waals surface area contributed by atoms with E-state index in [0.29, 0.717) is 25.2 Å². The van der Waals surface area contributed by atoms with Crippen molar-refractivity contribution in [3.05, 3.63) is 36.0 Å². The fraction of sp³-hybridized carbons (Fsp3) is 0.667. The maximum absolute atomic E-state index is 12.5. The number of hydrogen-bond acceptors (Lipinski definition) is 5. The van der Waals surface area contributed by atoms with E-state index >= 15 is 0 Å². The van der Waals surface area contributed by atoms with E-state index in [0.717, 1.165) is 18.4 Å². The zero-order chi connectivity index (χ0) is 21.1. The molecule has 0 unspecified atom stereocenters. The number of carbonyl (C=O) groups excluding carboxylic acids is 2. The van der Waals surface area contributed by atoms with Gasteiger partial charge in [0.25, 0.3) is 0 Å². The summed E-state index contributed by atoms with van der Waals surface area (Å²) in [6.07, 6.45) is 8.98. The molecule has 1 aliphatic heterocycles. The topological polar surface area (TPSA) is 72.8 Å². The Morgan fingerprint density at radius 2 is 2.14 bits per heavy atom. The lowest BCUT2D eigenvalue weighted by Crippen LogP contribution is -2.41. The number of carbonyl (C=O) groups is 2. The molecule has 7 atom stereocenters. The highest BCUT2D eigenvalue weighted by Gasteiger charge is 2.41. The van der Waals surface area contributed by atoms with Gasteiger partial charge in [0.05, 0.1) is 18.4 Å². The number of rotatable bonds is 6. The maximum atomic E-state index is 12.5. The SMILES string of the molecule is C=C1C=C2C=C[C@H](C)[C@H](CC[C@@H]3C[C@@H](O)CC(=O)O3)[C@H]2[C@@H](OC(=O)[C@@H](C)CC)C1. The van der Waals surface area contributed by atoms with Gasteiger partial charge in [0.1, 0.15) is 12.2 Å². The highest BCUT2D eigenvalue weighted by molar-refractivity contribution is 5.72. The smallest absolute Gasteiger partial charge is 0.308 e. The fourth-order valence-electron chi connectivity index (χ4n) is 4.81. The third-order valence-electron chi connectivity index (χ3n) is 6.69. The van der Waals surface area contributed by atoms with Crippen LogP contribution in [-0.2, 0) is 19.1 Å². The van der Waals surface area contributed by atoms with Crippen molar-refractivity contribution in [3.63, 3.8) is 0 Å². The largest absolute Gasteiger partial charge is 0.462 e. The van der Waals surface area contributed by atoms with Crippen LogP contribution < -0.4 is 0 Å². The zero-order valence-corrected chi connectivity index (χ0v) is 17.8. The van der Waals surface area contributed by atoms with Gasteiger partial charge in [0.15, 0.2) is 0 Å². The molecule has 5 nitrogen and oxygen atoms in total. The number of cyclic esters (lactones) is 1. The first kappa shape index (κ1) is 21.8. The highest BCUT2D eigenvalue weighted by Crippen LogP contribution is 2.45. The second-order valence-electron chi connectivity index (χ2n) is 8.98. The predicted molar refractivity (Wildman–Crippen MR) is 111 cm³/mol. The van der Waals surface area contributed by atoms with Crippen LogP contribution in [0.3, 0.4) is 0 Å². The van der Waals surface area contributed by atoms with E-state index in [1.165, 1.54) is 5.57 Å². The van der Waals surface area contributed by atoms with Crippen molar-refractivity contribution in [1.82, 2.24) is 0 Å². The second kappa shape index (κ2) is 9.29. The highest BCUT2D eigenvalue weighted by atomic mass is 16.5.